The number of ether oxygens (including phenoxy) is 1. The number of carboxylic acids is 1. The normalized spacial score (nSPS) is 19.2. The van der Waals surface area contributed by atoms with E-state index in [0.29, 0.717) is 13.2 Å². The highest BCUT2D eigenvalue weighted by Gasteiger charge is 2.29. The van der Waals surface area contributed by atoms with Crippen LogP contribution in [0.1, 0.15) is 20.7 Å². The molecule has 1 unspecified atom stereocenters. The maximum absolute atomic E-state index is 12.4. The number of aliphatic hydroxyl groups excluding tert-OH is 1. The summed E-state index contributed by atoms with van der Waals surface area (Å²) in [6.45, 7) is 0.786. The van der Waals surface area contributed by atoms with E-state index in [2.05, 4.69) is 0 Å². The van der Waals surface area contributed by atoms with E-state index in [4.69, 9.17) is 9.84 Å². The van der Waals surface area contributed by atoms with Gasteiger partial charge in [0.05, 0.1) is 37.0 Å². The summed E-state index contributed by atoms with van der Waals surface area (Å²) in [6, 6.07) is 5.64. The Labute approximate surface area is 110 Å². The average molecular weight is 265 g/mol. The summed E-state index contributed by atoms with van der Waals surface area (Å²) in [7, 11) is 0. The predicted octanol–water partition coefficient (Wildman–Crippen LogP) is 0.218. The van der Waals surface area contributed by atoms with Crippen LogP contribution in [0.5, 0.6) is 0 Å². The summed E-state index contributed by atoms with van der Waals surface area (Å²) in [5.74, 6) is -1.53. The van der Waals surface area contributed by atoms with E-state index in [1.807, 2.05) is 0 Å². The predicted molar refractivity (Wildman–Crippen MR) is 66.1 cm³/mol. The number of aromatic carboxylic acids is 1. The van der Waals surface area contributed by atoms with E-state index in [9.17, 15) is 14.7 Å². The number of nitrogens with zero attached hydrogens (tertiary/aromatic N) is 1. The van der Waals surface area contributed by atoms with Gasteiger partial charge in [-0.05, 0) is 12.1 Å². The van der Waals surface area contributed by atoms with E-state index in [1.54, 1.807) is 12.1 Å². The molecule has 0 aliphatic carbocycles. The zero-order valence-electron chi connectivity index (χ0n) is 10.3. The Hall–Kier alpha value is -1.92. The molecule has 2 N–H and O–H groups in total. The van der Waals surface area contributed by atoms with Gasteiger partial charge in [-0.15, -0.1) is 0 Å². The smallest absolute Gasteiger partial charge is 0.336 e. The number of carbonyl (C=O) groups excluding carboxylic acids is 1. The number of hydrogen-bond acceptors (Lipinski definition) is 4. The quantitative estimate of drug-likeness (QED) is 0.816. The average Bonchev–Trinajstić information content (AvgIpc) is 2.46. The topological polar surface area (TPSA) is 87.1 Å². The second-order valence-electron chi connectivity index (χ2n) is 4.26. The van der Waals surface area contributed by atoms with E-state index in [-0.39, 0.29) is 30.2 Å². The largest absolute Gasteiger partial charge is 0.478 e. The van der Waals surface area contributed by atoms with Gasteiger partial charge in [0.2, 0.25) is 0 Å². The Morgan fingerprint density at radius 3 is 2.63 bits per heavy atom. The van der Waals surface area contributed by atoms with Gasteiger partial charge >= 0.3 is 5.97 Å². The maximum atomic E-state index is 12.4. The van der Waals surface area contributed by atoms with Gasteiger partial charge in [0.1, 0.15) is 0 Å². The highest BCUT2D eigenvalue weighted by molar-refractivity contribution is 6.04. The minimum atomic E-state index is -1.14. The highest BCUT2D eigenvalue weighted by Crippen LogP contribution is 2.16. The Balaban J connectivity index is 2.30. The number of carbonyl (C=O) groups is 2. The van der Waals surface area contributed by atoms with Gasteiger partial charge < -0.3 is 19.8 Å². The first kappa shape index (κ1) is 13.5. The first-order valence-electron chi connectivity index (χ1n) is 5.97. The molecule has 0 bridgehead atoms. The van der Waals surface area contributed by atoms with Crippen LogP contribution in [0.2, 0.25) is 0 Å². The van der Waals surface area contributed by atoms with Crippen LogP contribution in [0, 0.1) is 0 Å². The number of morpholine rings is 1. The molecule has 102 valence electrons. The zero-order valence-corrected chi connectivity index (χ0v) is 10.3. The number of benzene rings is 1. The van der Waals surface area contributed by atoms with Crippen molar-refractivity contribution in [3.8, 4) is 0 Å². The monoisotopic (exact) mass is 265 g/mol. The van der Waals surface area contributed by atoms with Crippen LogP contribution in [0.15, 0.2) is 24.3 Å². The highest BCUT2D eigenvalue weighted by atomic mass is 16.5. The molecule has 1 fully saturated rings. The second-order valence-corrected chi connectivity index (χ2v) is 4.26. The van der Waals surface area contributed by atoms with Crippen molar-refractivity contribution in [2.45, 2.75) is 6.04 Å². The molecule has 2 rings (SSSR count). The SMILES string of the molecule is O=C(O)c1ccccc1C(=O)N1CCOCC1CO. The molecule has 6 heteroatoms. The minimum Gasteiger partial charge on any atom is -0.478 e. The Kier molecular flexibility index (Phi) is 4.13. The Morgan fingerprint density at radius 2 is 2.00 bits per heavy atom. The third-order valence-electron chi connectivity index (χ3n) is 3.09. The molecule has 0 spiro atoms. The molecule has 1 atom stereocenters. The molecular formula is C13H15NO5. The summed E-state index contributed by atoms with van der Waals surface area (Å²) in [6.07, 6.45) is 0. The molecule has 0 saturated carbocycles. The molecule has 19 heavy (non-hydrogen) atoms. The second kappa shape index (κ2) is 5.81. The van der Waals surface area contributed by atoms with Crippen LogP contribution >= 0.6 is 0 Å². The van der Waals surface area contributed by atoms with Gasteiger partial charge in [0.25, 0.3) is 5.91 Å². The lowest BCUT2D eigenvalue weighted by Crippen LogP contribution is -2.50. The number of aliphatic hydroxyl groups is 1. The first-order valence-corrected chi connectivity index (χ1v) is 5.97. The molecule has 1 aliphatic heterocycles. The van der Waals surface area contributed by atoms with Crippen molar-refractivity contribution in [1.29, 1.82) is 0 Å². The van der Waals surface area contributed by atoms with Crippen LogP contribution in [-0.2, 0) is 4.74 Å². The van der Waals surface area contributed by atoms with Crippen LogP contribution in [0.3, 0.4) is 0 Å². The molecule has 0 aromatic heterocycles. The summed E-state index contributed by atoms with van der Waals surface area (Å²) in [5, 5.41) is 18.3. The molecule has 1 aromatic rings. The molecule has 6 nitrogen and oxygen atoms in total. The molecule has 1 heterocycles. The lowest BCUT2D eigenvalue weighted by Gasteiger charge is -2.34. The van der Waals surface area contributed by atoms with Crippen molar-refractivity contribution in [3.63, 3.8) is 0 Å². The maximum Gasteiger partial charge on any atom is 0.336 e. The van der Waals surface area contributed by atoms with Crippen molar-refractivity contribution < 1.29 is 24.5 Å². The fourth-order valence-corrected chi connectivity index (χ4v) is 2.08. The third-order valence-corrected chi connectivity index (χ3v) is 3.09. The van der Waals surface area contributed by atoms with Crippen molar-refractivity contribution in [2.24, 2.45) is 0 Å². The van der Waals surface area contributed by atoms with Gasteiger partial charge in [-0.3, -0.25) is 4.79 Å². The number of rotatable bonds is 3. The molecular weight excluding hydrogens is 250 g/mol. The van der Waals surface area contributed by atoms with Gasteiger partial charge in [0, 0.05) is 6.54 Å². The Morgan fingerprint density at radius 1 is 1.32 bits per heavy atom. The Bertz CT molecular complexity index is 488. The van der Waals surface area contributed by atoms with Crippen molar-refractivity contribution in [1.82, 2.24) is 4.90 Å². The molecule has 1 aromatic carbocycles. The van der Waals surface area contributed by atoms with E-state index in [0.717, 1.165) is 0 Å². The van der Waals surface area contributed by atoms with Gasteiger partial charge in [-0.2, -0.15) is 0 Å². The summed E-state index contributed by atoms with van der Waals surface area (Å²) < 4.78 is 5.20. The molecule has 0 radical (unpaired) electrons. The van der Waals surface area contributed by atoms with Crippen LogP contribution < -0.4 is 0 Å². The van der Waals surface area contributed by atoms with Crippen LogP contribution in [0.4, 0.5) is 0 Å². The van der Waals surface area contributed by atoms with E-state index < -0.39 is 12.0 Å². The fraction of sp³-hybridized carbons (Fsp3) is 0.385. The van der Waals surface area contributed by atoms with E-state index >= 15 is 0 Å². The van der Waals surface area contributed by atoms with Crippen molar-refractivity contribution >= 4 is 11.9 Å². The molecule has 1 amide bonds. The number of amides is 1. The van der Waals surface area contributed by atoms with Crippen LogP contribution in [-0.4, -0.2) is 59.4 Å². The third kappa shape index (κ3) is 2.74. The van der Waals surface area contributed by atoms with Crippen molar-refractivity contribution in [3.05, 3.63) is 35.4 Å². The molecule has 1 aliphatic rings. The zero-order chi connectivity index (χ0) is 13.8. The van der Waals surface area contributed by atoms with Gasteiger partial charge in [-0.1, -0.05) is 12.1 Å². The summed E-state index contributed by atoms with van der Waals surface area (Å²) in [5.41, 5.74) is 0.103. The van der Waals surface area contributed by atoms with Crippen molar-refractivity contribution in [2.75, 3.05) is 26.4 Å². The van der Waals surface area contributed by atoms with E-state index in [1.165, 1.54) is 17.0 Å². The molecule has 1 saturated heterocycles. The standard InChI is InChI=1S/C13H15NO5/c15-7-9-8-19-6-5-14(9)12(16)10-3-1-2-4-11(10)13(17)18/h1-4,9,15H,5-8H2,(H,17,18). The number of hydrogen-bond donors (Lipinski definition) is 2. The first-order chi connectivity index (χ1) is 9.15. The fourth-order valence-electron chi connectivity index (χ4n) is 2.08. The van der Waals surface area contributed by atoms with Crippen LogP contribution in [0.25, 0.3) is 0 Å². The summed E-state index contributed by atoms with van der Waals surface area (Å²) >= 11 is 0. The van der Waals surface area contributed by atoms with Gasteiger partial charge in [-0.25, -0.2) is 4.79 Å². The lowest BCUT2D eigenvalue weighted by molar-refractivity contribution is -0.0184. The minimum absolute atomic E-state index is 0.0318. The summed E-state index contributed by atoms with van der Waals surface area (Å²) in [4.78, 5) is 25.0. The lowest BCUT2D eigenvalue weighted by atomic mass is 10.1. The number of carboxylic acid groups (broad SMARTS) is 1. The van der Waals surface area contributed by atoms with Gasteiger partial charge in [0.15, 0.2) is 0 Å².